The van der Waals surface area contributed by atoms with Gasteiger partial charge in [0.05, 0.1) is 5.71 Å². The Morgan fingerprint density at radius 3 is 2.79 bits per heavy atom. The molecule has 9 nitrogen and oxygen atoms in total. The highest BCUT2D eigenvalue weighted by Gasteiger charge is 2.25. The van der Waals surface area contributed by atoms with E-state index in [0.29, 0.717) is 40.8 Å². The number of anilines is 1. The fraction of sp³-hybridized carbons (Fsp3) is 0.118. The number of hydrazone groups is 1. The molecular formula is C17H15ClN6O3S. The summed E-state index contributed by atoms with van der Waals surface area (Å²) in [5.74, 6) is 0.117. The van der Waals surface area contributed by atoms with Gasteiger partial charge in [0.15, 0.2) is 0 Å². The number of nitrogens with one attached hydrogen (secondary N) is 3. The number of nitrogens with zero attached hydrogens (tertiary/aromatic N) is 2. The second-order valence-corrected chi connectivity index (χ2v) is 8.16. The number of carbonyl (C=O) groups excluding carboxylic acids is 1. The Morgan fingerprint density at radius 1 is 1.25 bits per heavy atom. The zero-order chi connectivity index (χ0) is 19.9. The molecule has 1 amide bonds. The smallest absolute Gasteiger partial charge is 0.268 e. The largest absolute Gasteiger partial charge is 0.350 e. The van der Waals surface area contributed by atoms with Gasteiger partial charge in [-0.15, -0.1) is 0 Å². The lowest BCUT2D eigenvalue weighted by Crippen LogP contribution is -2.23. The van der Waals surface area contributed by atoms with Crippen molar-refractivity contribution in [3.05, 3.63) is 52.8 Å². The number of halogens is 1. The van der Waals surface area contributed by atoms with Crippen LogP contribution in [0.3, 0.4) is 0 Å². The van der Waals surface area contributed by atoms with Crippen LogP contribution in [-0.4, -0.2) is 36.5 Å². The number of sulfonamides is 1. The molecular weight excluding hydrogens is 404 g/mol. The Morgan fingerprint density at radius 2 is 2.07 bits per heavy atom. The van der Waals surface area contributed by atoms with Crippen LogP contribution in [0.4, 0.5) is 5.82 Å². The molecule has 28 heavy (non-hydrogen) atoms. The van der Waals surface area contributed by atoms with Crippen molar-refractivity contribution in [2.45, 2.75) is 11.3 Å². The van der Waals surface area contributed by atoms with Crippen LogP contribution in [0, 0.1) is 0 Å². The lowest BCUT2D eigenvalue weighted by atomic mass is 10.0. The van der Waals surface area contributed by atoms with Gasteiger partial charge in [0.1, 0.15) is 16.4 Å². The van der Waals surface area contributed by atoms with Crippen LogP contribution in [0.1, 0.15) is 22.5 Å². The van der Waals surface area contributed by atoms with Gasteiger partial charge < -0.3 is 10.3 Å². The maximum Gasteiger partial charge on any atom is 0.268 e. The molecule has 1 aromatic carbocycles. The molecule has 0 aliphatic carbocycles. The molecule has 3 heterocycles. The van der Waals surface area contributed by atoms with Crippen molar-refractivity contribution in [2.24, 2.45) is 10.2 Å². The number of fused-ring (bicyclic) bond motifs is 3. The van der Waals surface area contributed by atoms with Gasteiger partial charge in [0.25, 0.3) is 5.91 Å². The molecule has 1 aliphatic heterocycles. The van der Waals surface area contributed by atoms with Gasteiger partial charge >= 0.3 is 0 Å². The van der Waals surface area contributed by atoms with Crippen molar-refractivity contribution in [2.75, 3.05) is 12.0 Å². The zero-order valence-electron chi connectivity index (χ0n) is 14.4. The van der Waals surface area contributed by atoms with Crippen LogP contribution in [0.25, 0.3) is 10.9 Å². The van der Waals surface area contributed by atoms with Crippen LogP contribution in [-0.2, 0) is 10.0 Å². The van der Waals surface area contributed by atoms with Gasteiger partial charge in [-0.1, -0.05) is 11.6 Å². The highest BCUT2D eigenvalue weighted by atomic mass is 35.5. The molecule has 0 spiro atoms. The Labute approximate surface area is 165 Å². The number of hydrogen-bond donors (Lipinski definition) is 4. The van der Waals surface area contributed by atoms with Crippen molar-refractivity contribution in [3.8, 4) is 0 Å². The van der Waals surface area contributed by atoms with Crippen LogP contribution < -0.4 is 15.9 Å². The van der Waals surface area contributed by atoms with E-state index in [0.717, 1.165) is 17.1 Å². The first-order valence-corrected chi connectivity index (χ1v) is 10.2. The molecule has 0 saturated carbocycles. The normalized spacial score (nSPS) is 15.9. The van der Waals surface area contributed by atoms with E-state index in [-0.39, 0.29) is 10.8 Å². The quantitative estimate of drug-likeness (QED) is 0.480. The fourth-order valence-corrected chi connectivity index (χ4v) is 3.62. The average Bonchev–Trinajstić information content (AvgIpc) is 2.95. The Kier molecular flexibility index (Phi) is 4.53. The standard InChI is InChI=1S/C17H15ClN6O3S/c18-9-1-3-12-11(7-9)15-13(5-6-20-17(25)16(15)22-12)23-24-14-4-2-10(8-21-14)28(19,26)27/h1-4,7-8,22H,5-6H2,(H,20,25)(H,21,24)(H2,19,26,27). The summed E-state index contributed by atoms with van der Waals surface area (Å²) in [5.41, 5.74) is 5.29. The molecule has 0 saturated heterocycles. The molecule has 5 N–H and O–H groups in total. The molecule has 0 unspecified atom stereocenters. The summed E-state index contributed by atoms with van der Waals surface area (Å²) in [7, 11) is -3.82. The monoisotopic (exact) mass is 418 g/mol. The van der Waals surface area contributed by atoms with Crippen molar-refractivity contribution < 1.29 is 13.2 Å². The van der Waals surface area contributed by atoms with Crippen molar-refractivity contribution >= 4 is 50.0 Å². The van der Waals surface area contributed by atoms with E-state index in [1.807, 2.05) is 0 Å². The number of benzene rings is 1. The number of nitrogens with two attached hydrogens (primary N) is 1. The molecule has 2 aromatic heterocycles. The number of carbonyl (C=O) groups is 1. The number of primary sulfonamides is 1. The number of rotatable bonds is 3. The van der Waals surface area contributed by atoms with Gasteiger partial charge in [0, 0.05) is 40.7 Å². The van der Waals surface area contributed by atoms with Crippen LogP contribution in [0.15, 0.2) is 46.5 Å². The van der Waals surface area contributed by atoms with Gasteiger partial charge in [-0.3, -0.25) is 10.2 Å². The number of amides is 1. The molecule has 144 valence electrons. The lowest BCUT2D eigenvalue weighted by Gasteiger charge is -2.06. The third-order valence-corrected chi connectivity index (χ3v) is 5.43. The third-order valence-electron chi connectivity index (χ3n) is 4.29. The lowest BCUT2D eigenvalue weighted by molar-refractivity contribution is 0.0952. The predicted octanol–water partition coefficient (Wildman–Crippen LogP) is 1.81. The molecule has 0 bridgehead atoms. The maximum absolute atomic E-state index is 12.4. The van der Waals surface area contributed by atoms with E-state index in [2.05, 4.69) is 25.8 Å². The number of aromatic nitrogens is 2. The highest BCUT2D eigenvalue weighted by molar-refractivity contribution is 7.89. The summed E-state index contributed by atoms with van der Waals surface area (Å²) in [6, 6.07) is 8.11. The first-order chi connectivity index (χ1) is 13.3. The van der Waals surface area contributed by atoms with E-state index in [9.17, 15) is 13.2 Å². The summed E-state index contributed by atoms with van der Waals surface area (Å²) in [6.45, 7) is 0.418. The van der Waals surface area contributed by atoms with Crippen LogP contribution in [0.5, 0.6) is 0 Å². The van der Waals surface area contributed by atoms with E-state index in [4.69, 9.17) is 16.7 Å². The molecule has 0 radical (unpaired) electrons. The SMILES string of the molecule is NS(=O)(=O)c1ccc(NN=C2CCNC(=O)c3[nH]c4ccc(Cl)cc4c32)nc1. The van der Waals surface area contributed by atoms with Gasteiger partial charge in [-0.2, -0.15) is 5.10 Å². The minimum Gasteiger partial charge on any atom is -0.350 e. The van der Waals surface area contributed by atoms with Gasteiger partial charge in [-0.05, 0) is 30.3 Å². The number of pyridine rings is 1. The van der Waals surface area contributed by atoms with Crippen molar-refractivity contribution in [1.82, 2.24) is 15.3 Å². The Balaban J connectivity index is 1.74. The highest BCUT2D eigenvalue weighted by Crippen LogP contribution is 2.28. The van der Waals surface area contributed by atoms with E-state index >= 15 is 0 Å². The summed E-state index contributed by atoms with van der Waals surface area (Å²) in [4.78, 5) is 19.4. The summed E-state index contributed by atoms with van der Waals surface area (Å²) in [6.07, 6.45) is 1.63. The Bertz CT molecular complexity index is 1220. The summed E-state index contributed by atoms with van der Waals surface area (Å²) in [5, 5.41) is 13.6. The first kappa shape index (κ1) is 18.4. The Hall–Kier alpha value is -2.95. The molecule has 1 aliphatic rings. The number of aromatic amines is 1. The molecule has 4 rings (SSSR count). The maximum atomic E-state index is 12.4. The van der Waals surface area contributed by atoms with Gasteiger partial charge in [0.2, 0.25) is 10.0 Å². The molecule has 11 heteroatoms. The van der Waals surface area contributed by atoms with E-state index in [1.165, 1.54) is 12.1 Å². The van der Waals surface area contributed by atoms with E-state index in [1.54, 1.807) is 18.2 Å². The average molecular weight is 419 g/mol. The van der Waals surface area contributed by atoms with Crippen LogP contribution in [0.2, 0.25) is 5.02 Å². The zero-order valence-corrected chi connectivity index (χ0v) is 15.9. The van der Waals surface area contributed by atoms with Gasteiger partial charge in [-0.25, -0.2) is 18.5 Å². The summed E-state index contributed by atoms with van der Waals surface area (Å²) < 4.78 is 22.6. The van der Waals surface area contributed by atoms with Crippen molar-refractivity contribution in [3.63, 3.8) is 0 Å². The minimum atomic E-state index is -3.82. The second kappa shape index (κ2) is 6.89. The number of H-pyrrole nitrogens is 1. The number of hydrogen-bond acceptors (Lipinski definition) is 6. The minimum absolute atomic E-state index is 0.0940. The topological polar surface area (TPSA) is 142 Å². The van der Waals surface area contributed by atoms with Crippen molar-refractivity contribution in [1.29, 1.82) is 0 Å². The fourth-order valence-electron chi connectivity index (χ4n) is 2.99. The predicted molar refractivity (Wildman–Crippen MR) is 106 cm³/mol. The summed E-state index contributed by atoms with van der Waals surface area (Å²) >= 11 is 6.13. The first-order valence-electron chi connectivity index (χ1n) is 8.24. The van der Waals surface area contributed by atoms with Crippen LogP contribution >= 0.6 is 11.6 Å². The molecule has 0 atom stereocenters. The third kappa shape index (κ3) is 3.44. The molecule has 0 fully saturated rings. The molecule has 3 aromatic rings. The second-order valence-electron chi connectivity index (χ2n) is 6.17. The van der Waals surface area contributed by atoms with E-state index < -0.39 is 10.0 Å².